The average molecular weight is 566 g/mol. The van der Waals surface area contributed by atoms with E-state index in [-0.39, 0.29) is 43.1 Å². The number of aromatic hydroxyl groups is 6. The second kappa shape index (κ2) is 7.67. The van der Waals surface area contributed by atoms with Crippen molar-refractivity contribution < 1.29 is 50.4 Å². The minimum Gasteiger partial charge on any atom is -0.507 e. The van der Waals surface area contributed by atoms with E-state index in [0.29, 0.717) is 0 Å². The molecule has 206 valence electrons. The number of hydrogen-bond acceptors (Lipinski definition) is 10. The van der Waals surface area contributed by atoms with Crippen molar-refractivity contribution in [2.24, 2.45) is 0 Å². The predicted molar refractivity (Wildman–Crippen MR) is 150 cm³/mol. The Bertz CT molecular complexity index is 2390. The van der Waals surface area contributed by atoms with E-state index in [1.807, 2.05) is 0 Å². The number of carbonyl (C=O) groups is 2. The number of fused-ring (bicyclic) bond motifs is 6. The molecule has 8 N–H and O–H groups in total. The fraction of sp³-hybridized carbons (Fsp3) is 0. The van der Waals surface area contributed by atoms with Crippen LogP contribution >= 0.6 is 0 Å². The summed E-state index contributed by atoms with van der Waals surface area (Å²) in [6, 6.07) is 5.34. The molecule has 7 aromatic carbocycles. The van der Waals surface area contributed by atoms with Gasteiger partial charge < -0.3 is 40.9 Å². The largest absolute Gasteiger partial charge is 0.507 e. The maximum atomic E-state index is 13.8. The van der Waals surface area contributed by atoms with Crippen LogP contribution in [-0.4, -0.2) is 52.8 Å². The van der Waals surface area contributed by atoms with Gasteiger partial charge in [0.15, 0.2) is 0 Å². The lowest BCUT2D eigenvalue weighted by atomic mass is 9.82. The monoisotopic (exact) mass is 566 g/mol. The number of hydrogen-bond donors (Lipinski definition) is 8. The van der Waals surface area contributed by atoms with Crippen LogP contribution in [0, 0.1) is 0 Å². The molecule has 0 saturated heterocycles. The number of carboxylic acids is 2. The number of carboxylic acid groups (broad SMARTS) is 2. The molecule has 0 amide bonds. The van der Waals surface area contributed by atoms with Crippen molar-refractivity contribution in [2.75, 3.05) is 0 Å². The lowest BCUT2D eigenvalue weighted by Gasteiger charge is -2.20. The van der Waals surface area contributed by atoms with Crippen molar-refractivity contribution in [1.29, 1.82) is 0 Å². The summed E-state index contributed by atoms with van der Waals surface area (Å²) >= 11 is 0. The molecular weight excluding hydrogens is 552 g/mol. The lowest BCUT2D eigenvalue weighted by Crippen LogP contribution is -2.09. The first kappa shape index (κ1) is 24.7. The van der Waals surface area contributed by atoms with Crippen molar-refractivity contribution in [3.63, 3.8) is 0 Å². The van der Waals surface area contributed by atoms with Gasteiger partial charge in [-0.25, -0.2) is 9.59 Å². The first-order chi connectivity index (χ1) is 19.8. The molecule has 0 bridgehead atoms. The molecular formula is C30H14O12. The molecule has 0 heterocycles. The number of phenolic OH excluding ortho intramolecular Hbond substituents is 6. The molecule has 0 aromatic heterocycles. The van der Waals surface area contributed by atoms with Crippen molar-refractivity contribution in [3.8, 4) is 34.5 Å². The zero-order valence-corrected chi connectivity index (χ0v) is 20.7. The fourth-order valence-electron chi connectivity index (χ4n) is 6.19. The first-order valence-electron chi connectivity index (χ1n) is 12.1. The Morgan fingerprint density at radius 2 is 0.690 bits per heavy atom. The summed E-state index contributed by atoms with van der Waals surface area (Å²) in [4.78, 5) is 51.4. The first-order valence-corrected chi connectivity index (χ1v) is 12.1. The highest BCUT2D eigenvalue weighted by atomic mass is 16.4. The molecule has 0 unspecified atom stereocenters. The number of benzene rings is 7. The highest BCUT2D eigenvalue weighted by molar-refractivity contribution is 6.45. The van der Waals surface area contributed by atoms with Gasteiger partial charge in [0, 0.05) is 33.7 Å². The Labute approximate surface area is 229 Å². The predicted octanol–water partition coefficient (Wildman–Crippen LogP) is 3.83. The van der Waals surface area contributed by atoms with Gasteiger partial charge in [-0.3, -0.25) is 9.59 Å². The summed E-state index contributed by atoms with van der Waals surface area (Å²) in [5.74, 6) is -7.34. The van der Waals surface area contributed by atoms with E-state index >= 15 is 0 Å². The van der Waals surface area contributed by atoms with E-state index < -0.39 is 90.0 Å². The summed E-state index contributed by atoms with van der Waals surface area (Å²) in [7, 11) is 0. The third-order valence-corrected chi connectivity index (χ3v) is 7.75. The molecule has 0 radical (unpaired) electrons. The summed E-state index contributed by atoms with van der Waals surface area (Å²) in [6.45, 7) is 0. The molecule has 0 aliphatic carbocycles. The number of rotatable bonds is 2. The van der Waals surface area contributed by atoms with Crippen LogP contribution in [0.25, 0.3) is 64.6 Å². The summed E-state index contributed by atoms with van der Waals surface area (Å²) in [6.07, 6.45) is 0. The van der Waals surface area contributed by atoms with Gasteiger partial charge >= 0.3 is 11.9 Å². The molecule has 7 rings (SSSR count). The molecule has 42 heavy (non-hydrogen) atoms. The molecule has 0 aliphatic heterocycles. The van der Waals surface area contributed by atoms with Crippen molar-refractivity contribution in [2.45, 2.75) is 0 Å². The molecule has 0 atom stereocenters. The van der Waals surface area contributed by atoms with E-state index in [1.165, 1.54) is 0 Å². The van der Waals surface area contributed by atoms with E-state index in [0.717, 1.165) is 36.4 Å². The maximum Gasteiger partial charge on any atom is 0.335 e. The molecule has 7 aromatic rings. The smallest absolute Gasteiger partial charge is 0.335 e. The topological polar surface area (TPSA) is 230 Å². The Morgan fingerprint density at radius 3 is 1.02 bits per heavy atom. The quantitative estimate of drug-likeness (QED) is 0.110. The van der Waals surface area contributed by atoms with Crippen molar-refractivity contribution in [3.05, 3.63) is 68.0 Å². The van der Waals surface area contributed by atoms with Crippen LogP contribution in [0.4, 0.5) is 0 Å². The minimum atomic E-state index is -1.49. The summed E-state index contributed by atoms with van der Waals surface area (Å²) in [5.41, 5.74) is -2.87. The fourth-order valence-corrected chi connectivity index (χ4v) is 6.19. The normalized spacial score (nSPS) is 12.0. The highest BCUT2D eigenvalue weighted by Gasteiger charge is 2.30. The minimum absolute atomic E-state index is 0.145. The van der Waals surface area contributed by atoms with Gasteiger partial charge in [-0.05, 0) is 45.8 Å². The number of aromatic carboxylic acids is 2. The van der Waals surface area contributed by atoms with Crippen LogP contribution in [-0.2, 0) is 0 Å². The van der Waals surface area contributed by atoms with Crippen LogP contribution in [0.1, 0.15) is 20.7 Å². The van der Waals surface area contributed by atoms with Crippen LogP contribution in [0.5, 0.6) is 34.5 Å². The van der Waals surface area contributed by atoms with Crippen LogP contribution < -0.4 is 10.9 Å². The van der Waals surface area contributed by atoms with E-state index in [9.17, 15) is 60.0 Å². The van der Waals surface area contributed by atoms with Gasteiger partial charge in [-0.2, -0.15) is 0 Å². The Kier molecular flexibility index (Phi) is 4.51. The third-order valence-electron chi connectivity index (χ3n) is 7.75. The zero-order valence-electron chi connectivity index (χ0n) is 20.7. The van der Waals surface area contributed by atoms with Crippen LogP contribution in [0.2, 0.25) is 0 Å². The van der Waals surface area contributed by atoms with E-state index in [4.69, 9.17) is 0 Å². The van der Waals surface area contributed by atoms with Crippen molar-refractivity contribution in [1.82, 2.24) is 0 Å². The number of phenols is 6. The highest BCUT2D eigenvalue weighted by Crippen LogP contribution is 2.53. The lowest BCUT2D eigenvalue weighted by molar-refractivity contribution is 0.0686. The molecule has 0 saturated carbocycles. The standard InChI is InChI=1S/C30H14O12/c31-11-3-7(29(39)40)1-9-17(11)27(37)23-15(35)5-13(33)21-22-14(34)6-16(36)24-26(22)20(19(9)25(21)23)10-2-8(30(41)42)4-12(32)18(10)28(24)38/h1-6,31-36H,(H,39,40)(H,41,42). The van der Waals surface area contributed by atoms with Crippen LogP contribution in [0.3, 0.4) is 0 Å². The SMILES string of the molecule is O=C(O)c1cc(O)c2c(=O)c3c(O)cc(O)c4c5c(O)cc(O)c6c(=O)c7c(O)cc(C(=O)O)cc7c(c65)c(c2c1)c34. The average Bonchev–Trinajstić information content (AvgIpc) is 2.90. The maximum absolute atomic E-state index is 13.8. The third kappa shape index (κ3) is 2.79. The van der Waals surface area contributed by atoms with Gasteiger partial charge in [-0.15, -0.1) is 0 Å². The molecule has 12 heteroatoms. The molecule has 0 aliphatic rings. The summed E-state index contributed by atoms with van der Waals surface area (Å²) < 4.78 is 0. The van der Waals surface area contributed by atoms with Gasteiger partial charge in [0.1, 0.15) is 34.5 Å². The van der Waals surface area contributed by atoms with E-state index in [1.54, 1.807) is 0 Å². The Hall–Kier alpha value is -6.30. The van der Waals surface area contributed by atoms with Gasteiger partial charge in [0.2, 0.25) is 10.9 Å². The summed E-state index contributed by atoms with van der Waals surface area (Å²) in [5, 5.41) is 81.4. The van der Waals surface area contributed by atoms with Gasteiger partial charge in [0.05, 0.1) is 32.7 Å². The molecule has 12 nitrogen and oxygen atoms in total. The molecule has 0 spiro atoms. The Morgan fingerprint density at radius 1 is 0.381 bits per heavy atom. The zero-order chi connectivity index (χ0) is 30.1. The van der Waals surface area contributed by atoms with Crippen molar-refractivity contribution >= 4 is 76.6 Å². The van der Waals surface area contributed by atoms with Gasteiger partial charge in [0.25, 0.3) is 0 Å². The van der Waals surface area contributed by atoms with Gasteiger partial charge in [-0.1, -0.05) is 0 Å². The van der Waals surface area contributed by atoms with E-state index in [2.05, 4.69) is 0 Å². The second-order valence-electron chi connectivity index (χ2n) is 9.93. The molecule has 0 fully saturated rings. The Balaban J connectivity index is 2.07. The second-order valence-corrected chi connectivity index (χ2v) is 9.93. The van der Waals surface area contributed by atoms with Crippen LogP contribution in [0.15, 0.2) is 46.0 Å².